The van der Waals surface area contributed by atoms with Crippen LogP contribution in [0.2, 0.25) is 0 Å². The molecule has 0 saturated heterocycles. The standard InChI is InChI=1S/C9H6N2O2S/c1-11-7-4-6(10-5-14)2-3-8(7)13-9(11)12/h2-4H,1H3. The molecule has 0 fully saturated rings. The van der Waals surface area contributed by atoms with Gasteiger partial charge in [-0.05, 0) is 30.4 Å². The molecule has 2 aromatic rings. The molecule has 0 saturated carbocycles. The fourth-order valence-electron chi connectivity index (χ4n) is 1.24. The minimum absolute atomic E-state index is 0.386. The summed E-state index contributed by atoms with van der Waals surface area (Å²) in [5.41, 5.74) is 1.89. The summed E-state index contributed by atoms with van der Waals surface area (Å²) < 4.78 is 6.37. The molecule has 2 rings (SSSR count). The van der Waals surface area contributed by atoms with Crippen LogP contribution in [0.15, 0.2) is 32.4 Å². The Morgan fingerprint density at radius 3 is 3.07 bits per heavy atom. The monoisotopic (exact) mass is 206 g/mol. The topological polar surface area (TPSA) is 47.5 Å². The van der Waals surface area contributed by atoms with Gasteiger partial charge in [0.2, 0.25) is 0 Å². The summed E-state index contributed by atoms with van der Waals surface area (Å²) in [6.07, 6.45) is 0. The molecular weight excluding hydrogens is 200 g/mol. The summed E-state index contributed by atoms with van der Waals surface area (Å²) in [7, 11) is 1.64. The van der Waals surface area contributed by atoms with Gasteiger partial charge < -0.3 is 4.42 Å². The van der Waals surface area contributed by atoms with Gasteiger partial charge in [-0.15, -0.1) is 0 Å². The van der Waals surface area contributed by atoms with Gasteiger partial charge in [0.1, 0.15) is 0 Å². The average molecular weight is 206 g/mol. The first kappa shape index (κ1) is 8.87. The number of rotatable bonds is 1. The number of fused-ring (bicyclic) bond motifs is 1. The van der Waals surface area contributed by atoms with Gasteiger partial charge in [0.15, 0.2) is 5.58 Å². The van der Waals surface area contributed by atoms with E-state index in [-0.39, 0.29) is 5.76 Å². The Labute approximate surface area is 84.5 Å². The number of aliphatic imine (C=N–C) groups is 1. The predicted octanol–water partition coefficient (Wildman–Crippen LogP) is 1.87. The molecule has 0 amide bonds. The first-order chi connectivity index (χ1) is 6.72. The van der Waals surface area contributed by atoms with Gasteiger partial charge >= 0.3 is 5.76 Å². The van der Waals surface area contributed by atoms with Crippen molar-refractivity contribution in [3.63, 3.8) is 0 Å². The Morgan fingerprint density at radius 1 is 1.57 bits per heavy atom. The van der Waals surface area contributed by atoms with E-state index in [4.69, 9.17) is 4.42 Å². The van der Waals surface area contributed by atoms with Crippen LogP contribution in [-0.2, 0) is 7.05 Å². The number of oxazole rings is 1. The summed E-state index contributed by atoms with van der Waals surface area (Å²) in [6.45, 7) is 0. The van der Waals surface area contributed by atoms with Crippen LogP contribution in [-0.4, -0.2) is 9.73 Å². The highest BCUT2D eigenvalue weighted by Gasteiger charge is 2.05. The van der Waals surface area contributed by atoms with E-state index >= 15 is 0 Å². The zero-order valence-corrected chi connectivity index (χ0v) is 8.17. The Kier molecular flexibility index (Phi) is 2.04. The molecule has 0 atom stereocenters. The molecule has 70 valence electrons. The largest absolute Gasteiger partial charge is 0.419 e. The van der Waals surface area contributed by atoms with Crippen molar-refractivity contribution in [1.29, 1.82) is 0 Å². The van der Waals surface area contributed by atoms with Crippen molar-refractivity contribution in [3.8, 4) is 0 Å². The lowest BCUT2D eigenvalue weighted by atomic mass is 10.3. The summed E-state index contributed by atoms with van der Waals surface area (Å²) in [4.78, 5) is 15.0. The molecule has 5 heteroatoms. The summed E-state index contributed by atoms with van der Waals surface area (Å²) in [5, 5.41) is 2.27. The number of benzene rings is 1. The lowest BCUT2D eigenvalue weighted by Gasteiger charge is -1.92. The number of aryl methyl sites for hydroxylation is 1. The van der Waals surface area contributed by atoms with Crippen LogP contribution in [0.1, 0.15) is 0 Å². The summed E-state index contributed by atoms with van der Waals surface area (Å²) in [6, 6.07) is 5.12. The predicted molar refractivity (Wildman–Crippen MR) is 56.1 cm³/mol. The normalized spacial score (nSPS) is 10.1. The van der Waals surface area contributed by atoms with Gasteiger partial charge in [-0.1, -0.05) is 0 Å². The van der Waals surface area contributed by atoms with Crippen LogP contribution in [0.3, 0.4) is 0 Å². The van der Waals surface area contributed by atoms with E-state index in [2.05, 4.69) is 22.4 Å². The third-order valence-corrected chi connectivity index (χ3v) is 2.04. The van der Waals surface area contributed by atoms with Crippen molar-refractivity contribution in [2.24, 2.45) is 12.0 Å². The maximum Gasteiger partial charge on any atom is 0.419 e. The molecule has 0 radical (unpaired) electrons. The molecule has 0 bridgehead atoms. The Bertz CT molecular complexity index is 590. The lowest BCUT2D eigenvalue weighted by Crippen LogP contribution is -2.08. The summed E-state index contributed by atoms with van der Waals surface area (Å²) >= 11 is 4.49. The highest BCUT2D eigenvalue weighted by molar-refractivity contribution is 7.78. The van der Waals surface area contributed by atoms with E-state index in [9.17, 15) is 4.79 Å². The lowest BCUT2D eigenvalue weighted by molar-refractivity contribution is 0.528. The number of hydrogen-bond acceptors (Lipinski definition) is 4. The zero-order valence-electron chi connectivity index (χ0n) is 7.35. The highest BCUT2D eigenvalue weighted by atomic mass is 32.1. The second-order valence-electron chi connectivity index (χ2n) is 2.78. The van der Waals surface area contributed by atoms with Crippen LogP contribution in [0.4, 0.5) is 5.69 Å². The molecule has 0 aliphatic rings. The fraction of sp³-hybridized carbons (Fsp3) is 0.111. The fourth-order valence-corrected chi connectivity index (χ4v) is 1.34. The quantitative estimate of drug-likeness (QED) is 0.528. The van der Waals surface area contributed by atoms with Crippen molar-refractivity contribution in [2.75, 3.05) is 0 Å². The zero-order chi connectivity index (χ0) is 10.1. The van der Waals surface area contributed by atoms with Crippen molar-refractivity contribution >= 4 is 34.2 Å². The molecule has 4 nitrogen and oxygen atoms in total. The molecular formula is C9H6N2O2S. The van der Waals surface area contributed by atoms with Crippen LogP contribution in [0, 0.1) is 0 Å². The van der Waals surface area contributed by atoms with E-state index in [1.807, 2.05) is 0 Å². The van der Waals surface area contributed by atoms with Crippen LogP contribution < -0.4 is 5.76 Å². The first-order valence-corrected chi connectivity index (χ1v) is 4.30. The number of hydrogen-bond donors (Lipinski definition) is 0. The van der Waals surface area contributed by atoms with Crippen LogP contribution >= 0.6 is 12.2 Å². The average Bonchev–Trinajstić information content (AvgIpc) is 2.45. The van der Waals surface area contributed by atoms with Crippen LogP contribution in [0.25, 0.3) is 11.1 Å². The molecule has 1 aromatic carbocycles. The number of aromatic nitrogens is 1. The number of isothiocyanates is 1. The Hall–Kier alpha value is -1.71. The van der Waals surface area contributed by atoms with Crippen molar-refractivity contribution in [1.82, 2.24) is 4.57 Å². The van der Waals surface area contributed by atoms with Crippen molar-refractivity contribution in [3.05, 3.63) is 28.7 Å². The third kappa shape index (κ3) is 1.28. The Balaban J connectivity index is 2.81. The highest BCUT2D eigenvalue weighted by Crippen LogP contribution is 2.19. The maximum atomic E-state index is 11.1. The SMILES string of the molecule is Cn1c(=O)oc2ccc(N=C=S)cc21. The third-order valence-electron chi connectivity index (χ3n) is 1.95. The first-order valence-electron chi connectivity index (χ1n) is 3.90. The second kappa shape index (κ2) is 3.21. The van der Waals surface area contributed by atoms with Gasteiger partial charge in [-0.25, -0.2) is 4.79 Å². The molecule has 0 aliphatic carbocycles. The molecule has 14 heavy (non-hydrogen) atoms. The van der Waals surface area contributed by atoms with E-state index < -0.39 is 0 Å². The minimum Gasteiger partial charge on any atom is -0.408 e. The van der Waals surface area contributed by atoms with Gasteiger partial charge in [0, 0.05) is 7.05 Å². The van der Waals surface area contributed by atoms with Crippen molar-refractivity contribution < 1.29 is 4.42 Å². The van der Waals surface area contributed by atoms with Crippen molar-refractivity contribution in [2.45, 2.75) is 0 Å². The molecule has 0 spiro atoms. The number of nitrogens with zero attached hydrogens (tertiary/aromatic N) is 2. The second-order valence-corrected chi connectivity index (χ2v) is 2.96. The summed E-state index contributed by atoms with van der Waals surface area (Å²) in [5.74, 6) is -0.386. The van der Waals surface area contributed by atoms with E-state index in [0.29, 0.717) is 16.8 Å². The molecule has 1 heterocycles. The number of thiocarbonyl (C=S) groups is 1. The molecule has 0 aliphatic heterocycles. The van der Waals surface area contributed by atoms with Gasteiger partial charge in [0.05, 0.1) is 16.4 Å². The molecule has 1 aromatic heterocycles. The smallest absolute Gasteiger partial charge is 0.408 e. The van der Waals surface area contributed by atoms with Crippen LogP contribution in [0.5, 0.6) is 0 Å². The van der Waals surface area contributed by atoms with Gasteiger partial charge in [-0.2, -0.15) is 4.99 Å². The van der Waals surface area contributed by atoms with E-state index in [0.717, 1.165) is 0 Å². The Morgan fingerprint density at radius 2 is 2.36 bits per heavy atom. The molecule has 0 unspecified atom stereocenters. The van der Waals surface area contributed by atoms with E-state index in [1.54, 1.807) is 25.2 Å². The van der Waals surface area contributed by atoms with Gasteiger partial charge in [0.25, 0.3) is 0 Å². The maximum absolute atomic E-state index is 11.1. The van der Waals surface area contributed by atoms with E-state index in [1.165, 1.54) is 4.57 Å². The minimum atomic E-state index is -0.386. The van der Waals surface area contributed by atoms with Gasteiger partial charge in [-0.3, -0.25) is 4.57 Å². The molecule has 0 N–H and O–H groups in total.